The molecule has 216 valence electrons. The maximum atomic E-state index is 14.2. The van der Waals surface area contributed by atoms with Crippen LogP contribution in [0.3, 0.4) is 0 Å². The zero-order valence-electron chi connectivity index (χ0n) is 24.2. The average Bonchev–Trinajstić information content (AvgIpc) is 2.97. The number of aliphatic carboxylic acids is 1. The number of fused-ring (bicyclic) bond motifs is 1. The van der Waals surface area contributed by atoms with Gasteiger partial charge in [-0.05, 0) is 84.4 Å². The summed E-state index contributed by atoms with van der Waals surface area (Å²) in [6.07, 6.45) is 0.104. The topological polar surface area (TPSA) is 113 Å². The van der Waals surface area contributed by atoms with Gasteiger partial charge in [-0.25, -0.2) is 9.59 Å². The molecule has 2 aromatic rings. The Bertz CT molecular complexity index is 1210. The number of esters is 1. The first-order chi connectivity index (χ1) is 18.7. The summed E-state index contributed by atoms with van der Waals surface area (Å²) in [4.78, 5) is 55.7. The van der Waals surface area contributed by atoms with Crippen LogP contribution >= 0.6 is 0 Å². The summed E-state index contributed by atoms with van der Waals surface area (Å²) >= 11 is 0. The number of carboxylic acids is 1. The first-order valence-electron chi connectivity index (χ1n) is 13.6. The standard InChI is InChI=1S/C31H40N2O7/c1-30(2,3)39-26(34)20-32-23-15-11-10-14-22(23)17-19-24(27(32)35)33(29(38)40-31(4,5)6)25(28(36)37)18-16-21-12-8-7-9-13-21/h7-15,24-25H,16-20H2,1-6H3,(H,36,37)/t24-,25+/m1/s1. The Morgan fingerprint density at radius 1 is 0.950 bits per heavy atom. The van der Waals surface area contributed by atoms with Gasteiger partial charge in [0.2, 0.25) is 0 Å². The smallest absolute Gasteiger partial charge is 0.411 e. The minimum atomic E-state index is -1.34. The van der Waals surface area contributed by atoms with Crippen LogP contribution in [0.2, 0.25) is 0 Å². The van der Waals surface area contributed by atoms with E-state index >= 15 is 0 Å². The average molecular weight is 553 g/mol. The fourth-order valence-corrected chi connectivity index (χ4v) is 4.74. The molecule has 0 bridgehead atoms. The molecule has 0 unspecified atom stereocenters. The van der Waals surface area contributed by atoms with Gasteiger partial charge >= 0.3 is 18.0 Å². The van der Waals surface area contributed by atoms with Gasteiger partial charge in [0.05, 0.1) is 0 Å². The number of hydrogen-bond donors (Lipinski definition) is 1. The minimum Gasteiger partial charge on any atom is -0.480 e. The van der Waals surface area contributed by atoms with Crippen molar-refractivity contribution in [3.63, 3.8) is 0 Å². The molecule has 0 saturated heterocycles. The molecular formula is C31H40N2O7. The second kappa shape index (κ2) is 12.5. The Labute approximate surface area is 236 Å². The Balaban J connectivity index is 2.03. The van der Waals surface area contributed by atoms with Crippen LogP contribution in [0.15, 0.2) is 54.6 Å². The second-order valence-electron chi connectivity index (χ2n) is 12.0. The van der Waals surface area contributed by atoms with Crippen LogP contribution in [-0.4, -0.2) is 63.8 Å². The Kier molecular flexibility index (Phi) is 9.60. The van der Waals surface area contributed by atoms with Crippen LogP contribution in [-0.2, 0) is 36.7 Å². The van der Waals surface area contributed by atoms with Crippen LogP contribution in [0.25, 0.3) is 0 Å². The molecule has 2 atom stereocenters. The van der Waals surface area contributed by atoms with E-state index in [1.807, 2.05) is 42.5 Å². The number of carbonyl (C=O) groups excluding carboxylic acids is 3. The zero-order valence-corrected chi connectivity index (χ0v) is 24.2. The number of hydrogen-bond acceptors (Lipinski definition) is 6. The van der Waals surface area contributed by atoms with Crippen molar-refractivity contribution in [2.75, 3.05) is 11.4 Å². The van der Waals surface area contributed by atoms with Gasteiger partial charge in [0.15, 0.2) is 0 Å². The van der Waals surface area contributed by atoms with E-state index in [-0.39, 0.29) is 19.4 Å². The molecule has 0 aliphatic carbocycles. The molecule has 1 aliphatic heterocycles. The van der Waals surface area contributed by atoms with Crippen molar-refractivity contribution in [1.82, 2.24) is 4.90 Å². The summed E-state index contributed by atoms with van der Waals surface area (Å²) < 4.78 is 11.1. The van der Waals surface area contributed by atoms with E-state index in [2.05, 4.69) is 0 Å². The van der Waals surface area contributed by atoms with E-state index in [1.54, 1.807) is 53.7 Å². The number of anilines is 1. The molecule has 1 N–H and O–H groups in total. The molecular weight excluding hydrogens is 512 g/mol. The summed E-state index contributed by atoms with van der Waals surface area (Å²) in [5, 5.41) is 10.3. The van der Waals surface area contributed by atoms with Crippen molar-refractivity contribution < 1.29 is 33.8 Å². The fourth-order valence-electron chi connectivity index (χ4n) is 4.74. The quantitative estimate of drug-likeness (QED) is 0.459. The van der Waals surface area contributed by atoms with Crippen molar-refractivity contribution in [3.05, 3.63) is 65.7 Å². The van der Waals surface area contributed by atoms with Gasteiger partial charge in [-0.15, -0.1) is 0 Å². The van der Waals surface area contributed by atoms with Gasteiger partial charge in [-0.3, -0.25) is 19.4 Å². The highest BCUT2D eigenvalue weighted by Gasteiger charge is 2.44. The molecule has 2 aromatic carbocycles. The summed E-state index contributed by atoms with van der Waals surface area (Å²) in [5.41, 5.74) is 0.553. The van der Waals surface area contributed by atoms with E-state index in [0.717, 1.165) is 16.0 Å². The summed E-state index contributed by atoms with van der Waals surface area (Å²) in [5.74, 6) is -2.42. The number of rotatable bonds is 8. The molecule has 40 heavy (non-hydrogen) atoms. The van der Waals surface area contributed by atoms with Crippen molar-refractivity contribution in [3.8, 4) is 0 Å². The molecule has 1 heterocycles. The van der Waals surface area contributed by atoms with E-state index in [4.69, 9.17) is 9.47 Å². The van der Waals surface area contributed by atoms with Gasteiger partial charge in [0.25, 0.3) is 5.91 Å². The predicted molar refractivity (Wildman–Crippen MR) is 151 cm³/mol. The summed E-state index contributed by atoms with van der Waals surface area (Å²) in [7, 11) is 0. The highest BCUT2D eigenvalue weighted by atomic mass is 16.6. The van der Waals surface area contributed by atoms with Crippen molar-refractivity contribution in [2.45, 2.75) is 90.5 Å². The number of carbonyl (C=O) groups is 4. The molecule has 0 saturated carbocycles. The molecule has 0 radical (unpaired) electrons. The van der Waals surface area contributed by atoms with Gasteiger partial charge < -0.3 is 14.6 Å². The van der Waals surface area contributed by atoms with Gasteiger partial charge in [0.1, 0.15) is 29.8 Å². The molecule has 9 heteroatoms. The second-order valence-corrected chi connectivity index (χ2v) is 12.0. The van der Waals surface area contributed by atoms with Gasteiger partial charge in [0, 0.05) is 5.69 Å². The van der Waals surface area contributed by atoms with Gasteiger partial charge in [-0.2, -0.15) is 0 Å². The third-order valence-corrected chi connectivity index (χ3v) is 6.34. The summed E-state index contributed by atoms with van der Waals surface area (Å²) in [6, 6.07) is 14.0. The number of amides is 2. The van der Waals surface area contributed by atoms with Crippen LogP contribution in [0, 0.1) is 0 Å². The Morgan fingerprint density at radius 2 is 1.55 bits per heavy atom. The van der Waals surface area contributed by atoms with Crippen LogP contribution in [0.1, 0.15) is 65.5 Å². The zero-order chi connectivity index (χ0) is 29.7. The first-order valence-corrected chi connectivity index (χ1v) is 13.6. The minimum absolute atomic E-state index is 0.0708. The lowest BCUT2D eigenvalue weighted by atomic mass is 10.00. The van der Waals surface area contributed by atoms with Crippen LogP contribution < -0.4 is 4.90 Å². The highest BCUT2D eigenvalue weighted by Crippen LogP contribution is 2.31. The molecule has 0 aromatic heterocycles. The molecule has 2 amide bonds. The number of ether oxygens (including phenoxy) is 2. The van der Waals surface area contributed by atoms with Crippen LogP contribution in [0.5, 0.6) is 0 Å². The maximum absolute atomic E-state index is 14.2. The van der Waals surface area contributed by atoms with Crippen molar-refractivity contribution >= 4 is 29.6 Å². The SMILES string of the molecule is CC(C)(C)OC(=O)CN1C(=O)[C@H](N(C(=O)OC(C)(C)C)[C@@H](CCc2ccccc2)C(=O)O)CCc2ccccc21. The van der Waals surface area contributed by atoms with E-state index < -0.39 is 47.2 Å². The third kappa shape index (κ3) is 8.31. The lowest BCUT2D eigenvalue weighted by molar-refractivity contribution is -0.154. The monoisotopic (exact) mass is 552 g/mol. The third-order valence-electron chi connectivity index (χ3n) is 6.34. The number of carboxylic acid groups (broad SMARTS) is 1. The maximum Gasteiger partial charge on any atom is 0.411 e. The number of benzene rings is 2. The lowest BCUT2D eigenvalue weighted by Gasteiger charge is -2.37. The van der Waals surface area contributed by atoms with E-state index in [1.165, 1.54) is 4.90 Å². The van der Waals surface area contributed by atoms with E-state index in [9.17, 15) is 24.3 Å². The fraction of sp³-hybridized carbons (Fsp3) is 0.484. The molecule has 1 aliphatic rings. The largest absolute Gasteiger partial charge is 0.480 e. The predicted octanol–water partition coefficient (Wildman–Crippen LogP) is 5.00. The molecule has 0 spiro atoms. The van der Waals surface area contributed by atoms with Crippen molar-refractivity contribution in [2.24, 2.45) is 0 Å². The summed E-state index contributed by atoms with van der Waals surface area (Å²) in [6.45, 7) is 9.88. The highest BCUT2D eigenvalue weighted by molar-refractivity contribution is 6.03. The molecule has 9 nitrogen and oxygen atoms in total. The molecule has 3 rings (SSSR count). The Hall–Kier alpha value is -3.88. The van der Waals surface area contributed by atoms with E-state index in [0.29, 0.717) is 18.5 Å². The van der Waals surface area contributed by atoms with Gasteiger partial charge in [-0.1, -0.05) is 48.5 Å². The number of para-hydroxylation sites is 1. The lowest BCUT2D eigenvalue weighted by Crippen LogP contribution is -2.58. The Morgan fingerprint density at radius 3 is 2.15 bits per heavy atom. The number of aryl methyl sites for hydroxylation is 2. The molecule has 0 fully saturated rings. The van der Waals surface area contributed by atoms with Crippen molar-refractivity contribution in [1.29, 1.82) is 0 Å². The first kappa shape index (κ1) is 30.7. The number of nitrogens with zero attached hydrogens (tertiary/aromatic N) is 2. The normalized spacial score (nSPS) is 16.4. The van der Waals surface area contributed by atoms with Crippen LogP contribution in [0.4, 0.5) is 10.5 Å².